The third-order valence-electron chi connectivity index (χ3n) is 3.67. The Morgan fingerprint density at radius 3 is 1.67 bits per heavy atom. The number of ketones is 1. The zero-order valence-electron chi connectivity index (χ0n) is 12.7. The average molecular weight is 322 g/mol. The molecule has 0 fully saturated rings. The second-order valence-electron chi connectivity index (χ2n) is 5.29. The second kappa shape index (κ2) is 6.12. The molecule has 0 unspecified atom stereocenters. The van der Waals surface area contributed by atoms with E-state index in [1.807, 2.05) is 36.4 Å². The first-order chi connectivity index (χ1) is 11.8. The van der Waals surface area contributed by atoms with Gasteiger partial charge < -0.3 is 18.9 Å². The smallest absolute Gasteiger partial charge is 0.231 e. The normalized spacial score (nSPS) is 14.7. The Bertz CT molecular complexity index is 781. The zero-order chi connectivity index (χ0) is 16.4. The number of hydrogen-bond donors (Lipinski definition) is 0. The van der Waals surface area contributed by atoms with Crippen molar-refractivity contribution >= 4 is 17.9 Å². The molecule has 0 bridgehead atoms. The summed E-state index contributed by atoms with van der Waals surface area (Å²) >= 11 is 0. The van der Waals surface area contributed by atoms with Crippen LogP contribution in [-0.2, 0) is 4.79 Å². The van der Waals surface area contributed by atoms with Gasteiger partial charge in [-0.15, -0.1) is 0 Å². The van der Waals surface area contributed by atoms with Crippen molar-refractivity contribution in [1.82, 2.24) is 0 Å². The largest absolute Gasteiger partial charge is 0.454 e. The molecular weight excluding hydrogens is 308 g/mol. The highest BCUT2D eigenvalue weighted by molar-refractivity contribution is 6.04. The van der Waals surface area contributed by atoms with Crippen molar-refractivity contribution < 1.29 is 23.7 Å². The standard InChI is InChI=1S/C19H14O5/c20-15(5-1-13-3-7-16-18(9-13)23-11-21-16)6-2-14-4-8-17-19(10-14)24-12-22-17/h1-10H,11-12H2/b5-1-,6-2+. The maximum absolute atomic E-state index is 12.0. The molecule has 0 saturated carbocycles. The Hall–Kier alpha value is -3.21. The summed E-state index contributed by atoms with van der Waals surface area (Å²) in [7, 11) is 0. The van der Waals surface area contributed by atoms with Crippen LogP contribution in [0.4, 0.5) is 0 Å². The fourth-order valence-electron chi connectivity index (χ4n) is 2.45. The van der Waals surface area contributed by atoms with Crippen molar-refractivity contribution in [2.24, 2.45) is 0 Å². The molecule has 5 heteroatoms. The van der Waals surface area contributed by atoms with Gasteiger partial charge in [0, 0.05) is 0 Å². The van der Waals surface area contributed by atoms with E-state index in [9.17, 15) is 4.79 Å². The van der Waals surface area contributed by atoms with Crippen molar-refractivity contribution in [2.75, 3.05) is 13.6 Å². The van der Waals surface area contributed by atoms with Gasteiger partial charge in [-0.1, -0.05) is 24.3 Å². The quantitative estimate of drug-likeness (QED) is 0.807. The van der Waals surface area contributed by atoms with Gasteiger partial charge in [-0.2, -0.15) is 0 Å². The summed E-state index contributed by atoms with van der Waals surface area (Å²) in [6.07, 6.45) is 6.52. The van der Waals surface area contributed by atoms with Crippen LogP contribution in [0.1, 0.15) is 11.1 Å². The van der Waals surface area contributed by atoms with Gasteiger partial charge in [-0.05, 0) is 47.5 Å². The van der Waals surface area contributed by atoms with E-state index in [4.69, 9.17) is 18.9 Å². The summed E-state index contributed by atoms with van der Waals surface area (Å²) in [6.45, 7) is 0.472. The van der Waals surface area contributed by atoms with Gasteiger partial charge in [0.25, 0.3) is 0 Å². The van der Waals surface area contributed by atoms with E-state index in [0.29, 0.717) is 11.5 Å². The predicted molar refractivity (Wildman–Crippen MR) is 88.2 cm³/mol. The summed E-state index contributed by atoms with van der Waals surface area (Å²) in [4.78, 5) is 12.0. The topological polar surface area (TPSA) is 54.0 Å². The highest BCUT2D eigenvalue weighted by Crippen LogP contribution is 2.33. The highest BCUT2D eigenvalue weighted by Gasteiger charge is 2.13. The number of allylic oxidation sites excluding steroid dienone is 2. The number of ether oxygens (including phenoxy) is 4. The molecule has 2 aromatic rings. The van der Waals surface area contributed by atoms with Crippen LogP contribution in [0.15, 0.2) is 48.6 Å². The third kappa shape index (κ3) is 2.96. The van der Waals surface area contributed by atoms with Gasteiger partial charge in [0.2, 0.25) is 13.6 Å². The van der Waals surface area contributed by atoms with Crippen molar-refractivity contribution in [3.05, 3.63) is 59.7 Å². The molecule has 0 spiro atoms. The fourth-order valence-corrected chi connectivity index (χ4v) is 2.45. The van der Waals surface area contributed by atoms with E-state index in [1.54, 1.807) is 12.2 Å². The molecule has 0 atom stereocenters. The minimum absolute atomic E-state index is 0.106. The molecule has 24 heavy (non-hydrogen) atoms. The third-order valence-corrected chi connectivity index (χ3v) is 3.67. The van der Waals surface area contributed by atoms with Crippen molar-refractivity contribution in [3.8, 4) is 23.0 Å². The number of rotatable bonds is 4. The van der Waals surface area contributed by atoms with E-state index in [-0.39, 0.29) is 19.4 Å². The van der Waals surface area contributed by atoms with Crippen LogP contribution in [0.2, 0.25) is 0 Å². The number of fused-ring (bicyclic) bond motifs is 2. The van der Waals surface area contributed by atoms with Crippen LogP contribution >= 0.6 is 0 Å². The molecule has 0 saturated heterocycles. The molecule has 0 aromatic heterocycles. The number of carbonyl (C=O) groups is 1. The Morgan fingerprint density at radius 2 is 1.17 bits per heavy atom. The molecule has 2 aliphatic heterocycles. The molecule has 2 aliphatic rings. The van der Waals surface area contributed by atoms with E-state index >= 15 is 0 Å². The first kappa shape index (κ1) is 14.4. The molecule has 4 rings (SSSR count). The number of benzene rings is 2. The van der Waals surface area contributed by atoms with E-state index < -0.39 is 0 Å². The Labute approximate surface area is 138 Å². The number of carbonyl (C=O) groups excluding carboxylic acids is 1. The Balaban J connectivity index is 1.42. The van der Waals surface area contributed by atoms with Gasteiger partial charge >= 0.3 is 0 Å². The molecule has 5 nitrogen and oxygen atoms in total. The van der Waals surface area contributed by atoms with Crippen LogP contribution in [0.5, 0.6) is 23.0 Å². The van der Waals surface area contributed by atoms with Crippen molar-refractivity contribution in [2.45, 2.75) is 0 Å². The summed E-state index contributed by atoms with van der Waals surface area (Å²) < 4.78 is 21.1. The van der Waals surface area contributed by atoms with Gasteiger partial charge in [-0.25, -0.2) is 0 Å². The lowest BCUT2D eigenvalue weighted by molar-refractivity contribution is -0.110. The second-order valence-corrected chi connectivity index (χ2v) is 5.29. The van der Waals surface area contributed by atoms with Crippen LogP contribution in [0.3, 0.4) is 0 Å². The van der Waals surface area contributed by atoms with Crippen molar-refractivity contribution in [1.29, 1.82) is 0 Å². The average Bonchev–Trinajstić information content (AvgIpc) is 3.25. The minimum Gasteiger partial charge on any atom is -0.454 e. The predicted octanol–water partition coefficient (Wildman–Crippen LogP) is 3.44. The molecule has 0 N–H and O–H groups in total. The maximum Gasteiger partial charge on any atom is 0.231 e. The fraction of sp³-hybridized carbons (Fsp3) is 0.105. The molecule has 120 valence electrons. The Kier molecular flexibility index (Phi) is 3.67. The van der Waals surface area contributed by atoms with Gasteiger partial charge in [-0.3, -0.25) is 4.79 Å². The summed E-state index contributed by atoms with van der Waals surface area (Å²) in [5, 5.41) is 0. The SMILES string of the molecule is O=C(/C=C\c1ccc2c(c1)OCO2)/C=C/c1ccc2c(c1)OCO2. The van der Waals surface area contributed by atoms with E-state index in [2.05, 4.69) is 0 Å². The molecule has 2 heterocycles. The number of hydrogen-bond acceptors (Lipinski definition) is 5. The van der Waals surface area contributed by atoms with Gasteiger partial charge in [0.1, 0.15) is 0 Å². The summed E-state index contributed by atoms with van der Waals surface area (Å²) in [5.41, 5.74) is 1.76. The molecule has 0 amide bonds. The van der Waals surface area contributed by atoms with Crippen LogP contribution in [-0.4, -0.2) is 19.4 Å². The van der Waals surface area contributed by atoms with Crippen LogP contribution in [0.25, 0.3) is 12.2 Å². The lowest BCUT2D eigenvalue weighted by Crippen LogP contribution is -1.92. The van der Waals surface area contributed by atoms with E-state index in [1.165, 1.54) is 12.2 Å². The minimum atomic E-state index is -0.106. The molecule has 0 radical (unpaired) electrons. The maximum atomic E-state index is 12.0. The van der Waals surface area contributed by atoms with Crippen molar-refractivity contribution in [3.63, 3.8) is 0 Å². The first-order valence-electron chi connectivity index (χ1n) is 7.47. The van der Waals surface area contributed by atoms with Crippen LogP contribution in [0, 0.1) is 0 Å². The molecule has 2 aromatic carbocycles. The summed E-state index contributed by atoms with van der Waals surface area (Å²) in [5.74, 6) is 2.73. The monoisotopic (exact) mass is 322 g/mol. The van der Waals surface area contributed by atoms with Gasteiger partial charge in [0.15, 0.2) is 28.8 Å². The highest BCUT2D eigenvalue weighted by atomic mass is 16.7. The van der Waals surface area contributed by atoms with Crippen LogP contribution < -0.4 is 18.9 Å². The Morgan fingerprint density at radius 1 is 0.708 bits per heavy atom. The van der Waals surface area contributed by atoms with E-state index in [0.717, 1.165) is 22.6 Å². The molecular formula is C19H14O5. The molecule has 0 aliphatic carbocycles. The first-order valence-corrected chi connectivity index (χ1v) is 7.47. The lowest BCUT2D eigenvalue weighted by Gasteiger charge is -1.97. The zero-order valence-corrected chi connectivity index (χ0v) is 12.7. The van der Waals surface area contributed by atoms with Gasteiger partial charge in [0.05, 0.1) is 0 Å². The lowest BCUT2D eigenvalue weighted by atomic mass is 10.1. The summed E-state index contributed by atoms with van der Waals surface area (Å²) in [6, 6.07) is 11.1.